The fraction of sp³-hybridized carbons (Fsp3) is 0.588. The van der Waals surface area contributed by atoms with E-state index >= 15 is 0 Å². The molecule has 0 spiro atoms. The van der Waals surface area contributed by atoms with Gasteiger partial charge in [0.05, 0.1) is 0 Å². The molecule has 0 amide bonds. The van der Waals surface area contributed by atoms with E-state index in [0.717, 1.165) is 33.8 Å². The molecule has 0 radical (unpaired) electrons. The van der Waals surface area contributed by atoms with Crippen molar-refractivity contribution in [3.8, 4) is 0 Å². The van der Waals surface area contributed by atoms with Crippen LogP contribution in [0, 0.1) is 0 Å². The van der Waals surface area contributed by atoms with Gasteiger partial charge in [0, 0.05) is 33.8 Å². The Balaban J connectivity index is 3.29. The molecule has 1 fully saturated rings. The summed E-state index contributed by atoms with van der Waals surface area (Å²) < 4.78 is 30.9. The molecule has 0 aromatic heterocycles. The molecular formula is C17H22O11. The first-order valence-corrected chi connectivity index (χ1v) is 8.18. The van der Waals surface area contributed by atoms with Gasteiger partial charge in [0.15, 0.2) is 12.2 Å². The predicted octanol–water partition coefficient (Wildman–Crippen LogP) is -0.201. The molecule has 0 aliphatic carbocycles. The Labute approximate surface area is 160 Å². The molecule has 1 aliphatic heterocycles. The molecule has 0 aromatic rings. The molecule has 0 N–H and O–H groups in total. The highest BCUT2D eigenvalue weighted by Crippen LogP contribution is 2.30. The van der Waals surface area contributed by atoms with E-state index in [1.807, 2.05) is 0 Å². The van der Waals surface area contributed by atoms with Gasteiger partial charge in [-0.05, 0) is 0 Å². The van der Waals surface area contributed by atoms with Crippen molar-refractivity contribution >= 4 is 29.8 Å². The van der Waals surface area contributed by atoms with Gasteiger partial charge in [-0.15, -0.1) is 0 Å². The molecule has 0 unspecified atom stereocenters. The summed E-state index contributed by atoms with van der Waals surface area (Å²) in [6.07, 6.45) is -5.95. The third kappa shape index (κ3) is 6.99. The Morgan fingerprint density at radius 3 is 1.71 bits per heavy atom. The molecule has 156 valence electrons. The molecule has 0 saturated carbocycles. The predicted molar refractivity (Wildman–Crippen MR) is 88.2 cm³/mol. The fourth-order valence-corrected chi connectivity index (χ4v) is 2.47. The van der Waals surface area contributed by atoms with E-state index in [1.54, 1.807) is 0 Å². The van der Waals surface area contributed by atoms with Gasteiger partial charge >= 0.3 is 29.8 Å². The van der Waals surface area contributed by atoms with Crippen molar-refractivity contribution in [1.82, 2.24) is 0 Å². The minimum atomic E-state index is -1.51. The van der Waals surface area contributed by atoms with Gasteiger partial charge in [-0.25, -0.2) is 4.79 Å². The van der Waals surface area contributed by atoms with E-state index in [0.29, 0.717) is 0 Å². The molecule has 1 aliphatic rings. The molecule has 5 atom stereocenters. The van der Waals surface area contributed by atoms with Crippen LogP contribution in [-0.2, 0) is 52.4 Å². The van der Waals surface area contributed by atoms with Crippen LogP contribution in [0.2, 0.25) is 0 Å². The number of carbonyl (C=O) groups excluding carboxylic acids is 5. The van der Waals surface area contributed by atoms with Crippen molar-refractivity contribution in [2.75, 3.05) is 6.61 Å². The van der Waals surface area contributed by atoms with E-state index in [-0.39, 0.29) is 0 Å². The van der Waals surface area contributed by atoms with Gasteiger partial charge in [0.1, 0.15) is 12.7 Å². The molecule has 0 bridgehead atoms. The van der Waals surface area contributed by atoms with E-state index in [2.05, 4.69) is 6.58 Å². The summed E-state index contributed by atoms with van der Waals surface area (Å²) >= 11 is 0. The zero-order valence-electron chi connectivity index (χ0n) is 15.9. The highest BCUT2D eigenvalue weighted by Gasteiger charge is 2.53. The molecule has 0 aromatic carbocycles. The number of hydrogen-bond donors (Lipinski definition) is 0. The summed E-state index contributed by atoms with van der Waals surface area (Å²) in [5.41, 5.74) is 0. The fourth-order valence-electron chi connectivity index (χ4n) is 2.47. The third-order valence-electron chi connectivity index (χ3n) is 3.34. The molecule has 11 nitrogen and oxygen atoms in total. The van der Waals surface area contributed by atoms with Crippen LogP contribution in [-0.4, -0.2) is 67.2 Å². The number of rotatable bonds is 7. The summed E-state index contributed by atoms with van der Waals surface area (Å²) in [6.45, 7) is 7.13. The SMILES string of the molecule is C=CC(=O)OC[C@H]1O[C@@H](OC(C)=O)[C@H](OC(C)=O)[C@@H](OC(C)=O)[C@@H]1OC(C)=O. The number of ether oxygens (including phenoxy) is 6. The smallest absolute Gasteiger partial charge is 0.330 e. The summed E-state index contributed by atoms with van der Waals surface area (Å²) in [7, 11) is 0. The lowest BCUT2D eigenvalue weighted by atomic mass is 9.98. The maximum atomic E-state index is 11.6. The number of hydrogen-bond acceptors (Lipinski definition) is 11. The lowest BCUT2D eigenvalue weighted by molar-refractivity contribution is -0.300. The van der Waals surface area contributed by atoms with Crippen LogP contribution in [0.3, 0.4) is 0 Å². The zero-order chi connectivity index (χ0) is 21.4. The van der Waals surface area contributed by atoms with Crippen molar-refractivity contribution in [2.45, 2.75) is 58.4 Å². The standard InChI is InChI=1S/C17H22O11/c1-6-13(22)23-7-12-14(24-8(2)18)15(25-9(3)19)16(26-10(4)20)17(28-12)27-11(5)21/h6,12,14-17H,1,7H2,2-5H3/t12-,14-,15+,16-,17-/m1/s1. The first kappa shape index (κ1) is 23.1. The van der Waals surface area contributed by atoms with Crippen LogP contribution in [0.25, 0.3) is 0 Å². The van der Waals surface area contributed by atoms with Crippen molar-refractivity contribution in [2.24, 2.45) is 0 Å². The topological polar surface area (TPSA) is 141 Å². The zero-order valence-corrected chi connectivity index (χ0v) is 15.9. The number of esters is 5. The highest BCUT2D eigenvalue weighted by atomic mass is 16.7. The summed E-state index contributed by atoms with van der Waals surface area (Å²) in [4.78, 5) is 57.4. The lowest BCUT2D eigenvalue weighted by Gasteiger charge is -2.43. The molecular weight excluding hydrogens is 380 g/mol. The second-order valence-corrected chi connectivity index (χ2v) is 5.71. The van der Waals surface area contributed by atoms with Gasteiger partial charge < -0.3 is 28.4 Å². The first-order valence-electron chi connectivity index (χ1n) is 8.18. The van der Waals surface area contributed by atoms with Gasteiger partial charge in [0.25, 0.3) is 0 Å². The second kappa shape index (κ2) is 10.4. The monoisotopic (exact) mass is 402 g/mol. The van der Waals surface area contributed by atoms with Gasteiger partial charge in [-0.2, -0.15) is 0 Å². The van der Waals surface area contributed by atoms with Gasteiger partial charge in [-0.3, -0.25) is 19.2 Å². The average molecular weight is 402 g/mol. The summed E-state index contributed by atoms with van der Waals surface area (Å²) in [5, 5.41) is 0. The Bertz CT molecular complexity index is 641. The first-order chi connectivity index (χ1) is 13.0. The van der Waals surface area contributed by atoms with Crippen LogP contribution >= 0.6 is 0 Å². The molecule has 11 heteroatoms. The second-order valence-electron chi connectivity index (χ2n) is 5.71. The lowest BCUT2D eigenvalue weighted by Crippen LogP contribution is -2.63. The van der Waals surface area contributed by atoms with E-state index in [1.165, 1.54) is 0 Å². The van der Waals surface area contributed by atoms with Crippen LogP contribution in [0.15, 0.2) is 12.7 Å². The van der Waals surface area contributed by atoms with E-state index in [9.17, 15) is 24.0 Å². The summed E-state index contributed by atoms with van der Waals surface area (Å²) in [6, 6.07) is 0. The quantitative estimate of drug-likeness (QED) is 0.317. The largest absolute Gasteiger partial charge is 0.460 e. The van der Waals surface area contributed by atoms with Crippen molar-refractivity contribution in [1.29, 1.82) is 0 Å². The minimum absolute atomic E-state index is 0.453. The molecule has 28 heavy (non-hydrogen) atoms. The van der Waals surface area contributed by atoms with Crippen LogP contribution in [0.5, 0.6) is 0 Å². The van der Waals surface area contributed by atoms with Crippen molar-refractivity contribution in [3.63, 3.8) is 0 Å². The maximum Gasteiger partial charge on any atom is 0.330 e. The van der Waals surface area contributed by atoms with Crippen LogP contribution in [0.1, 0.15) is 27.7 Å². The van der Waals surface area contributed by atoms with Crippen molar-refractivity contribution in [3.05, 3.63) is 12.7 Å². The van der Waals surface area contributed by atoms with Crippen molar-refractivity contribution < 1.29 is 52.4 Å². The Morgan fingerprint density at radius 1 is 0.786 bits per heavy atom. The molecule has 1 saturated heterocycles. The van der Waals surface area contributed by atoms with Crippen LogP contribution in [0.4, 0.5) is 0 Å². The normalized spacial score (nSPS) is 26.4. The van der Waals surface area contributed by atoms with E-state index in [4.69, 9.17) is 28.4 Å². The third-order valence-corrected chi connectivity index (χ3v) is 3.34. The van der Waals surface area contributed by atoms with E-state index < -0.39 is 67.2 Å². The Morgan fingerprint density at radius 2 is 1.25 bits per heavy atom. The summed E-state index contributed by atoms with van der Waals surface area (Å²) in [5.74, 6) is -3.92. The van der Waals surface area contributed by atoms with Gasteiger partial charge in [0.2, 0.25) is 12.4 Å². The molecule has 1 rings (SSSR count). The average Bonchev–Trinajstić information content (AvgIpc) is 2.56. The Kier molecular flexibility index (Phi) is 8.58. The Hall–Kier alpha value is -2.95. The number of carbonyl (C=O) groups is 5. The minimum Gasteiger partial charge on any atom is -0.460 e. The highest BCUT2D eigenvalue weighted by molar-refractivity contribution is 5.81. The van der Waals surface area contributed by atoms with Gasteiger partial charge in [-0.1, -0.05) is 6.58 Å². The molecule has 1 heterocycles. The van der Waals surface area contributed by atoms with Crippen LogP contribution < -0.4 is 0 Å². The maximum absolute atomic E-state index is 11.6.